The molecule has 0 atom stereocenters. The molecule has 0 aliphatic heterocycles. The van der Waals surface area contributed by atoms with Crippen molar-refractivity contribution in [2.24, 2.45) is 7.05 Å². The quantitative estimate of drug-likeness (QED) is 0.813. The van der Waals surface area contributed by atoms with Gasteiger partial charge >= 0.3 is 0 Å². The predicted molar refractivity (Wildman–Crippen MR) is 66.6 cm³/mol. The zero-order chi connectivity index (χ0) is 12.3. The summed E-state index contributed by atoms with van der Waals surface area (Å²) in [6.45, 7) is 2.67. The highest BCUT2D eigenvalue weighted by Crippen LogP contribution is 2.13. The molecule has 0 spiro atoms. The predicted octanol–water partition coefficient (Wildman–Crippen LogP) is 0.755. The molecule has 0 aliphatic rings. The van der Waals surface area contributed by atoms with Crippen LogP contribution in [0.5, 0.6) is 0 Å². The number of nitrogens with zero attached hydrogens (tertiary/aromatic N) is 4. The zero-order valence-electron chi connectivity index (χ0n) is 10.0. The molecule has 0 unspecified atom stereocenters. The first kappa shape index (κ1) is 11.4. The molecule has 2 heterocycles. The van der Waals surface area contributed by atoms with Crippen LogP contribution in [0, 0.1) is 6.92 Å². The fourth-order valence-electron chi connectivity index (χ4n) is 1.44. The lowest BCUT2D eigenvalue weighted by Crippen LogP contribution is -2.08. The Morgan fingerprint density at radius 3 is 2.88 bits per heavy atom. The third kappa shape index (κ3) is 2.93. The number of nitrogen functional groups attached to an aromatic ring is 1. The Hall–Kier alpha value is -2.11. The number of nitrogens with two attached hydrogens (primary N) is 1. The van der Waals surface area contributed by atoms with E-state index >= 15 is 0 Å². The fourth-order valence-corrected chi connectivity index (χ4v) is 1.44. The van der Waals surface area contributed by atoms with Crippen molar-refractivity contribution in [3.8, 4) is 0 Å². The van der Waals surface area contributed by atoms with E-state index in [2.05, 4.69) is 20.4 Å². The lowest BCUT2D eigenvalue weighted by molar-refractivity contribution is 0.742. The topological polar surface area (TPSA) is 81.7 Å². The molecule has 2 aromatic heterocycles. The highest BCUT2D eigenvalue weighted by molar-refractivity contribution is 5.53. The van der Waals surface area contributed by atoms with Gasteiger partial charge in [0.15, 0.2) is 5.82 Å². The third-order valence-electron chi connectivity index (χ3n) is 2.45. The Bertz CT molecular complexity index is 504. The largest absolute Gasteiger partial charge is 0.398 e. The summed E-state index contributed by atoms with van der Waals surface area (Å²) >= 11 is 0. The highest BCUT2D eigenvalue weighted by Gasteiger charge is 2.00. The van der Waals surface area contributed by atoms with Crippen molar-refractivity contribution < 1.29 is 0 Å². The van der Waals surface area contributed by atoms with Crippen molar-refractivity contribution in [3.63, 3.8) is 0 Å². The molecule has 2 aromatic rings. The van der Waals surface area contributed by atoms with Gasteiger partial charge < -0.3 is 11.1 Å². The van der Waals surface area contributed by atoms with Gasteiger partial charge in [-0.15, -0.1) is 0 Å². The fraction of sp³-hybridized carbons (Fsp3) is 0.364. The molecule has 6 heteroatoms. The summed E-state index contributed by atoms with van der Waals surface area (Å²) in [6.07, 6.45) is 4.21. The van der Waals surface area contributed by atoms with E-state index in [-0.39, 0.29) is 0 Å². The summed E-state index contributed by atoms with van der Waals surface area (Å²) in [7, 11) is 1.85. The maximum Gasteiger partial charge on any atom is 0.152 e. The number of nitrogens with one attached hydrogen (secondary N) is 1. The molecule has 0 saturated heterocycles. The van der Waals surface area contributed by atoms with E-state index in [1.165, 1.54) is 0 Å². The van der Waals surface area contributed by atoms with Gasteiger partial charge in [0, 0.05) is 38.0 Å². The molecule has 0 saturated carbocycles. The van der Waals surface area contributed by atoms with Crippen LogP contribution in [-0.2, 0) is 13.5 Å². The van der Waals surface area contributed by atoms with Crippen LogP contribution < -0.4 is 11.1 Å². The van der Waals surface area contributed by atoms with Crippen LogP contribution in [0.25, 0.3) is 0 Å². The zero-order valence-corrected chi connectivity index (χ0v) is 10.0. The smallest absolute Gasteiger partial charge is 0.152 e. The van der Waals surface area contributed by atoms with Crippen LogP contribution in [0.3, 0.4) is 0 Å². The second kappa shape index (κ2) is 4.82. The van der Waals surface area contributed by atoms with Gasteiger partial charge in [0.1, 0.15) is 12.1 Å². The van der Waals surface area contributed by atoms with Gasteiger partial charge in [0.2, 0.25) is 0 Å². The number of rotatable bonds is 4. The Morgan fingerprint density at radius 1 is 1.41 bits per heavy atom. The lowest BCUT2D eigenvalue weighted by atomic mass is 10.2. The molecule has 0 bridgehead atoms. The molecule has 17 heavy (non-hydrogen) atoms. The summed E-state index contributed by atoms with van der Waals surface area (Å²) in [6, 6.07) is 1.83. The van der Waals surface area contributed by atoms with Gasteiger partial charge in [0.05, 0.1) is 0 Å². The summed E-state index contributed by atoms with van der Waals surface area (Å²) in [5.41, 5.74) is 7.54. The Balaban J connectivity index is 1.87. The van der Waals surface area contributed by atoms with Crippen molar-refractivity contribution in [1.82, 2.24) is 19.7 Å². The van der Waals surface area contributed by atoms with Crippen molar-refractivity contribution in [1.29, 1.82) is 0 Å². The normalized spacial score (nSPS) is 10.5. The molecule has 0 radical (unpaired) electrons. The van der Waals surface area contributed by atoms with E-state index in [9.17, 15) is 0 Å². The highest BCUT2D eigenvalue weighted by atomic mass is 15.3. The molecular weight excluding hydrogens is 216 g/mol. The maximum atomic E-state index is 5.80. The third-order valence-corrected chi connectivity index (χ3v) is 2.45. The van der Waals surface area contributed by atoms with Gasteiger partial charge in [-0.2, -0.15) is 5.10 Å². The second-order valence-corrected chi connectivity index (χ2v) is 3.94. The molecule has 0 fully saturated rings. The summed E-state index contributed by atoms with van der Waals surface area (Å²) < 4.78 is 1.69. The Labute approximate surface area is 99.9 Å². The van der Waals surface area contributed by atoms with Crippen LogP contribution in [-0.4, -0.2) is 26.3 Å². The van der Waals surface area contributed by atoms with Crippen molar-refractivity contribution in [2.45, 2.75) is 13.3 Å². The van der Waals surface area contributed by atoms with Gasteiger partial charge in [0.25, 0.3) is 0 Å². The molecule has 0 aliphatic carbocycles. The number of hydrogen-bond donors (Lipinski definition) is 2. The van der Waals surface area contributed by atoms with Gasteiger partial charge in [-0.05, 0) is 12.5 Å². The minimum atomic E-state index is 0.736. The van der Waals surface area contributed by atoms with E-state index in [1.54, 1.807) is 17.2 Å². The van der Waals surface area contributed by atoms with Crippen molar-refractivity contribution in [2.75, 3.05) is 17.6 Å². The Kier molecular flexibility index (Phi) is 3.22. The molecular formula is C11H16N6. The van der Waals surface area contributed by atoms with Crippen LogP contribution in [0.1, 0.15) is 11.4 Å². The van der Waals surface area contributed by atoms with Gasteiger partial charge in [-0.1, -0.05) is 0 Å². The molecule has 3 N–H and O–H groups in total. The van der Waals surface area contributed by atoms with Crippen molar-refractivity contribution in [3.05, 3.63) is 30.0 Å². The van der Waals surface area contributed by atoms with Crippen molar-refractivity contribution >= 4 is 11.5 Å². The van der Waals surface area contributed by atoms with Gasteiger partial charge in [-0.3, -0.25) is 4.68 Å². The standard InChI is InChI=1S/C11H16N6/c1-8-6-14-11(5-9(8)12)13-4-3-10-15-7-17(2)16-10/h5-7H,3-4H2,1-2H3,(H3,12,13,14). The summed E-state index contributed by atoms with van der Waals surface area (Å²) in [4.78, 5) is 8.38. The molecule has 90 valence electrons. The number of aryl methyl sites for hydroxylation is 2. The monoisotopic (exact) mass is 232 g/mol. The van der Waals surface area contributed by atoms with E-state index < -0.39 is 0 Å². The van der Waals surface area contributed by atoms with Crippen LogP contribution >= 0.6 is 0 Å². The van der Waals surface area contributed by atoms with E-state index in [0.29, 0.717) is 0 Å². The molecule has 0 aromatic carbocycles. The van der Waals surface area contributed by atoms with E-state index in [1.807, 2.05) is 20.0 Å². The lowest BCUT2D eigenvalue weighted by Gasteiger charge is -2.06. The first-order valence-electron chi connectivity index (χ1n) is 5.45. The summed E-state index contributed by atoms with van der Waals surface area (Å²) in [5.74, 6) is 1.60. The minimum Gasteiger partial charge on any atom is -0.398 e. The second-order valence-electron chi connectivity index (χ2n) is 3.94. The number of hydrogen-bond acceptors (Lipinski definition) is 5. The first-order chi connectivity index (χ1) is 8.15. The molecule has 0 amide bonds. The van der Waals surface area contributed by atoms with Crippen LogP contribution in [0.4, 0.5) is 11.5 Å². The number of aromatic nitrogens is 4. The van der Waals surface area contributed by atoms with Crippen LogP contribution in [0.15, 0.2) is 18.6 Å². The van der Waals surface area contributed by atoms with E-state index in [4.69, 9.17) is 5.73 Å². The van der Waals surface area contributed by atoms with Gasteiger partial charge in [-0.25, -0.2) is 9.97 Å². The van der Waals surface area contributed by atoms with Crippen LogP contribution in [0.2, 0.25) is 0 Å². The minimum absolute atomic E-state index is 0.736. The number of pyridine rings is 1. The SMILES string of the molecule is Cc1cnc(NCCc2ncn(C)n2)cc1N. The molecule has 2 rings (SSSR count). The Morgan fingerprint density at radius 2 is 2.24 bits per heavy atom. The average molecular weight is 232 g/mol. The average Bonchev–Trinajstić information content (AvgIpc) is 2.70. The summed E-state index contributed by atoms with van der Waals surface area (Å²) in [5, 5.41) is 7.38. The van der Waals surface area contributed by atoms with E-state index in [0.717, 1.165) is 35.9 Å². The molecule has 6 nitrogen and oxygen atoms in total. The maximum absolute atomic E-state index is 5.80. The number of anilines is 2. The first-order valence-corrected chi connectivity index (χ1v) is 5.45.